The molecule has 0 aromatic rings. The van der Waals surface area contributed by atoms with Crippen LogP contribution in [0.25, 0.3) is 0 Å². The van der Waals surface area contributed by atoms with E-state index in [1.165, 1.54) is 0 Å². The Morgan fingerprint density at radius 1 is 1.00 bits per heavy atom. The van der Waals surface area contributed by atoms with Gasteiger partial charge in [-0.3, -0.25) is 0 Å². The smallest absolute Gasteiger partial charge is 0.209 e. The molecular formula is C9H21NO4S. The molecule has 0 atom stereocenters. The van der Waals surface area contributed by atoms with Gasteiger partial charge in [0.25, 0.3) is 0 Å². The highest BCUT2D eigenvalue weighted by atomic mass is 32.2. The molecule has 0 amide bonds. The maximum absolute atomic E-state index is 10.6. The number of ether oxygens (including phenoxy) is 2. The highest BCUT2D eigenvalue weighted by molar-refractivity contribution is 7.89. The molecular weight excluding hydrogens is 218 g/mol. The lowest BCUT2D eigenvalue weighted by atomic mass is 10.3. The van der Waals surface area contributed by atoms with Crippen molar-refractivity contribution >= 4 is 10.0 Å². The van der Waals surface area contributed by atoms with Crippen LogP contribution >= 0.6 is 0 Å². The Balaban J connectivity index is 3.06. The monoisotopic (exact) mass is 239 g/mol. The second-order valence-electron chi connectivity index (χ2n) is 3.39. The third-order valence-corrected chi connectivity index (χ3v) is 2.71. The zero-order valence-corrected chi connectivity index (χ0v) is 10.1. The molecule has 6 heteroatoms. The number of nitrogens with two attached hydrogens (primary N) is 1. The fraction of sp³-hybridized carbons (Fsp3) is 1.00. The molecule has 0 heterocycles. The zero-order chi connectivity index (χ0) is 11.6. The third kappa shape index (κ3) is 13.8. The van der Waals surface area contributed by atoms with Crippen molar-refractivity contribution in [1.29, 1.82) is 0 Å². The predicted octanol–water partition coefficient (Wildman–Crippen LogP) is 0.498. The molecule has 0 radical (unpaired) electrons. The van der Waals surface area contributed by atoms with Gasteiger partial charge >= 0.3 is 0 Å². The minimum Gasteiger partial charge on any atom is -0.385 e. The molecule has 0 saturated heterocycles. The molecule has 0 rings (SSSR count). The van der Waals surface area contributed by atoms with E-state index in [-0.39, 0.29) is 5.75 Å². The Labute approximate surface area is 92.0 Å². The average molecular weight is 239 g/mol. The van der Waals surface area contributed by atoms with Gasteiger partial charge in [0.15, 0.2) is 0 Å². The molecule has 0 aromatic carbocycles. The number of hydrogen-bond donors (Lipinski definition) is 1. The summed E-state index contributed by atoms with van der Waals surface area (Å²) in [5.74, 6) is 0.0661. The lowest BCUT2D eigenvalue weighted by Gasteiger charge is -2.03. The van der Waals surface area contributed by atoms with Crippen molar-refractivity contribution in [2.24, 2.45) is 5.14 Å². The molecule has 5 nitrogen and oxygen atoms in total. The minimum atomic E-state index is -3.29. The number of unbranched alkanes of at least 4 members (excludes halogenated alkanes) is 2. The van der Waals surface area contributed by atoms with Crippen LogP contribution in [0.4, 0.5) is 0 Å². The van der Waals surface area contributed by atoms with Crippen LogP contribution in [0.1, 0.15) is 25.7 Å². The van der Waals surface area contributed by atoms with E-state index in [9.17, 15) is 8.42 Å². The summed E-state index contributed by atoms with van der Waals surface area (Å²) in [5.41, 5.74) is 0. The van der Waals surface area contributed by atoms with Gasteiger partial charge in [-0.05, 0) is 19.3 Å². The Kier molecular flexibility index (Phi) is 8.98. The first-order chi connectivity index (χ1) is 7.06. The Hall–Kier alpha value is -0.170. The van der Waals surface area contributed by atoms with E-state index in [4.69, 9.17) is 14.6 Å². The maximum atomic E-state index is 10.6. The Morgan fingerprint density at radius 3 is 2.27 bits per heavy atom. The SMILES string of the molecule is COCCCOCCCCCS(N)(=O)=O. The van der Waals surface area contributed by atoms with Gasteiger partial charge in [0, 0.05) is 26.9 Å². The van der Waals surface area contributed by atoms with Crippen LogP contribution in [0.2, 0.25) is 0 Å². The standard InChI is InChI=1S/C9H21NO4S/c1-13-6-5-8-14-7-3-2-4-9-15(10,11)12/h2-9H2,1H3,(H2,10,11,12). The summed E-state index contributed by atoms with van der Waals surface area (Å²) < 4.78 is 31.3. The van der Waals surface area contributed by atoms with Crippen LogP contribution in [0.3, 0.4) is 0 Å². The third-order valence-electron chi connectivity index (χ3n) is 1.85. The fourth-order valence-corrected chi connectivity index (χ4v) is 1.70. The molecule has 92 valence electrons. The van der Waals surface area contributed by atoms with Crippen LogP contribution in [-0.2, 0) is 19.5 Å². The highest BCUT2D eigenvalue weighted by Crippen LogP contribution is 1.98. The van der Waals surface area contributed by atoms with Gasteiger partial charge in [0.2, 0.25) is 10.0 Å². The molecule has 15 heavy (non-hydrogen) atoms. The van der Waals surface area contributed by atoms with Gasteiger partial charge < -0.3 is 9.47 Å². The van der Waals surface area contributed by atoms with Crippen molar-refractivity contribution in [3.8, 4) is 0 Å². The van der Waals surface area contributed by atoms with Gasteiger partial charge in [0.05, 0.1) is 5.75 Å². The Bertz CT molecular complexity index is 228. The zero-order valence-electron chi connectivity index (χ0n) is 9.28. The fourth-order valence-electron chi connectivity index (χ4n) is 1.09. The molecule has 0 bridgehead atoms. The molecule has 0 fully saturated rings. The summed E-state index contributed by atoms with van der Waals surface area (Å²) in [6, 6.07) is 0. The second-order valence-corrected chi connectivity index (χ2v) is 5.12. The second kappa shape index (κ2) is 9.08. The largest absolute Gasteiger partial charge is 0.385 e. The molecule has 0 aromatic heterocycles. The first kappa shape index (κ1) is 14.8. The first-order valence-corrected chi connectivity index (χ1v) is 6.85. The van der Waals surface area contributed by atoms with E-state index in [0.717, 1.165) is 19.3 Å². The molecule has 0 aliphatic heterocycles. The lowest BCUT2D eigenvalue weighted by molar-refractivity contribution is 0.100. The van der Waals surface area contributed by atoms with Crippen LogP contribution < -0.4 is 5.14 Å². The molecule has 0 aliphatic carbocycles. The number of sulfonamides is 1. The van der Waals surface area contributed by atoms with Crippen molar-refractivity contribution in [3.63, 3.8) is 0 Å². The van der Waals surface area contributed by atoms with Crippen LogP contribution in [-0.4, -0.2) is 41.1 Å². The normalized spacial score (nSPS) is 11.9. The maximum Gasteiger partial charge on any atom is 0.209 e. The van der Waals surface area contributed by atoms with Gasteiger partial charge in [-0.25, -0.2) is 13.6 Å². The van der Waals surface area contributed by atoms with E-state index in [1.54, 1.807) is 7.11 Å². The van der Waals surface area contributed by atoms with Crippen LogP contribution in [0, 0.1) is 0 Å². The van der Waals surface area contributed by atoms with E-state index >= 15 is 0 Å². The number of hydrogen-bond acceptors (Lipinski definition) is 4. The Morgan fingerprint density at radius 2 is 1.67 bits per heavy atom. The molecule has 0 aliphatic rings. The van der Waals surface area contributed by atoms with Crippen LogP contribution in [0.5, 0.6) is 0 Å². The van der Waals surface area contributed by atoms with E-state index < -0.39 is 10.0 Å². The van der Waals surface area contributed by atoms with Crippen molar-refractivity contribution in [3.05, 3.63) is 0 Å². The van der Waals surface area contributed by atoms with Crippen molar-refractivity contribution in [2.75, 3.05) is 32.7 Å². The topological polar surface area (TPSA) is 78.6 Å². The van der Waals surface area contributed by atoms with E-state index in [1.807, 2.05) is 0 Å². The van der Waals surface area contributed by atoms with E-state index in [2.05, 4.69) is 0 Å². The first-order valence-electron chi connectivity index (χ1n) is 5.13. The molecule has 0 spiro atoms. The average Bonchev–Trinajstić information content (AvgIpc) is 2.14. The van der Waals surface area contributed by atoms with Crippen molar-refractivity contribution in [2.45, 2.75) is 25.7 Å². The van der Waals surface area contributed by atoms with Crippen molar-refractivity contribution in [1.82, 2.24) is 0 Å². The van der Waals surface area contributed by atoms with E-state index in [0.29, 0.717) is 26.2 Å². The molecule has 2 N–H and O–H groups in total. The van der Waals surface area contributed by atoms with Gasteiger partial charge in [-0.2, -0.15) is 0 Å². The molecule has 0 unspecified atom stereocenters. The highest BCUT2D eigenvalue weighted by Gasteiger charge is 2.00. The number of rotatable bonds is 10. The summed E-state index contributed by atoms with van der Waals surface area (Å²) in [6.07, 6.45) is 3.22. The summed E-state index contributed by atoms with van der Waals surface area (Å²) in [4.78, 5) is 0. The lowest BCUT2D eigenvalue weighted by Crippen LogP contribution is -2.16. The predicted molar refractivity (Wildman–Crippen MR) is 59.1 cm³/mol. The van der Waals surface area contributed by atoms with Crippen molar-refractivity contribution < 1.29 is 17.9 Å². The molecule has 0 saturated carbocycles. The number of primary sulfonamides is 1. The quantitative estimate of drug-likeness (QED) is 0.563. The summed E-state index contributed by atoms with van der Waals surface area (Å²) in [5, 5.41) is 4.86. The summed E-state index contributed by atoms with van der Waals surface area (Å²) >= 11 is 0. The van der Waals surface area contributed by atoms with Gasteiger partial charge in [-0.1, -0.05) is 6.42 Å². The minimum absolute atomic E-state index is 0.0661. The van der Waals surface area contributed by atoms with Gasteiger partial charge in [-0.15, -0.1) is 0 Å². The van der Waals surface area contributed by atoms with Crippen LogP contribution in [0.15, 0.2) is 0 Å². The summed E-state index contributed by atoms with van der Waals surface area (Å²) in [7, 11) is -1.63. The number of methoxy groups -OCH3 is 1. The van der Waals surface area contributed by atoms with Gasteiger partial charge in [0.1, 0.15) is 0 Å². The summed E-state index contributed by atoms with van der Waals surface area (Å²) in [6.45, 7) is 2.09.